The number of hydrogen-bond donors (Lipinski definition) is 1. The summed E-state index contributed by atoms with van der Waals surface area (Å²) in [5.41, 5.74) is -0.275. The van der Waals surface area contributed by atoms with Crippen molar-refractivity contribution in [3.8, 4) is 0 Å². The Labute approximate surface area is 132 Å². The van der Waals surface area contributed by atoms with Crippen molar-refractivity contribution in [3.05, 3.63) is 29.8 Å². The van der Waals surface area contributed by atoms with Crippen molar-refractivity contribution in [1.82, 2.24) is 4.31 Å². The zero-order valence-corrected chi connectivity index (χ0v) is 13.4. The number of alkyl halides is 2. The van der Waals surface area contributed by atoms with Crippen molar-refractivity contribution in [2.45, 2.75) is 23.8 Å². The van der Waals surface area contributed by atoms with Crippen LogP contribution in [0.25, 0.3) is 0 Å². The van der Waals surface area contributed by atoms with E-state index in [0.29, 0.717) is 0 Å². The maximum absolute atomic E-state index is 13.1. The van der Waals surface area contributed by atoms with Gasteiger partial charge < -0.3 is 9.84 Å². The average molecular weight is 349 g/mol. The maximum Gasteiger partial charge on any atom is 0.333 e. The van der Waals surface area contributed by atoms with Crippen LogP contribution >= 0.6 is 0 Å². The van der Waals surface area contributed by atoms with Gasteiger partial charge in [0.2, 0.25) is 10.0 Å². The zero-order chi connectivity index (χ0) is 17.4. The first kappa shape index (κ1) is 17.8. The highest BCUT2D eigenvalue weighted by molar-refractivity contribution is 7.89. The smallest absolute Gasteiger partial charge is 0.333 e. The molecule has 1 N–H and O–H groups in total. The quantitative estimate of drug-likeness (QED) is 0.842. The van der Waals surface area contributed by atoms with Gasteiger partial charge in [0.1, 0.15) is 0 Å². The number of rotatable bonds is 6. The molecule has 1 heterocycles. The number of ether oxygens (including phenoxy) is 1. The van der Waals surface area contributed by atoms with E-state index >= 15 is 0 Å². The van der Waals surface area contributed by atoms with Gasteiger partial charge in [0, 0.05) is 38.6 Å². The summed E-state index contributed by atoms with van der Waals surface area (Å²) >= 11 is 0. The van der Waals surface area contributed by atoms with E-state index in [0.717, 1.165) is 35.5 Å². The molecule has 1 fully saturated rings. The van der Waals surface area contributed by atoms with E-state index < -0.39 is 33.9 Å². The molecule has 6 nitrogen and oxygen atoms in total. The SMILES string of the molecule is COC(C(=O)O)C1CN(S(=O)(=O)c2ccc(C(C)(F)F)cc2)C1. The molecule has 1 saturated heterocycles. The molecule has 0 aromatic heterocycles. The molecule has 0 saturated carbocycles. The number of nitrogens with zero attached hydrogens (tertiary/aromatic N) is 1. The number of methoxy groups -OCH3 is 1. The van der Waals surface area contributed by atoms with E-state index in [1.165, 1.54) is 7.11 Å². The molecule has 1 aliphatic heterocycles. The Hall–Kier alpha value is -1.58. The first-order valence-electron chi connectivity index (χ1n) is 6.81. The third-order valence-corrected chi connectivity index (χ3v) is 5.65. The van der Waals surface area contributed by atoms with E-state index in [-0.39, 0.29) is 23.5 Å². The Morgan fingerprint density at radius 1 is 1.35 bits per heavy atom. The average Bonchev–Trinajstić information content (AvgIpc) is 2.40. The van der Waals surface area contributed by atoms with E-state index in [1.54, 1.807) is 0 Å². The number of benzene rings is 1. The molecule has 0 aliphatic carbocycles. The van der Waals surface area contributed by atoms with Crippen LogP contribution in [0.15, 0.2) is 29.2 Å². The predicted octanol–water partition coefficient (Wildman–Crippen LogP) is 1.52. The Morgan fingerprint density at radius 3 is 2.26 bits per heavy atom. The van der Waals surface area contributed by atoms with Crippen LogP contribution in [0.5, 0.6) is 0 Å². The molecule has 1 aromatic rings. The lowest BCUT2D eigenvalue weighted by molar-refractivity contribution is -0.154. The van der Waals surface area contributed by atoms with Crippen LogP contribution in [0.4, 0.5) is 8.78 Å². The van der Waals surface area contributed by atoms with Crippen LogP contribution < -0.4 is 0 Å². The normalized spacial score (nSPS) is 18.4. The third-order valence-electron chi connectivity index (χ3n) is 3.80. The Bertz CT molecular complexity index is 678. The van der Waals surface area contributed by atoms with Crippen molar-refractivity contribution in [2.75, 3.05) is 20.2 Å². The summed E-state index contributed by atoms with van der Waals surface area (Å²) in [7, 11) is -2.58. The topological polar surface area (TPSA) is 83.9 Å². The molecule has 9 heteroatoms. The number of hydrogen-bond acceptors (Lipinski definition) is 4. The lowest BCUT2D eigenvalue weighted by Crippen LogP contribution is -2.56. The molecular formula is C14H17F2NO5S. The summed E-state index contributed by atoms with van der Waals surface area (Å²) in [6.07, 6.45) is -1.07. The van der Waals surface area contributed by atoms with Crippen LogP contribution in [-0.4, -0.2) is 50.1 Å². The minimum Gasteiger partial charge on any atom is -0.479 e. The van der Waals surface area contributed by atoms with Crippen molar-refractivity contribution < 1.29 is 31.8 Å². The first-order chi connectivity index (χ1) is 10.6. The van der Waals surface area contributed by atoms with Gasteiger partial charge in [0.15, 0.2) is 6.10 Å². The van der Waals surface area contributed by atoms with E-state index in [9.17, 15) is 22.0 Å². The molecule has 0 amide bonds. The van der Waals surface area contributed by atoms with Crippen molar-refractivity contribution in [3.63, 3.8) is 0 Å². The number of carbonyl (C=O) groups is 1. The molecular weight excluding hydrogens is 332 g/mol. The van der Waals surface area contributed by atoms with Crippen molar-refractivity contribution in [2.24, 2.45) is 5.92 Å². The zero-order valence-electron chi connectivity index (χ0n) is 12.6. The summed E-state index contributed by atoms with van der Waals surface area (Å²) in [4.78, 5) is 10.9. The standard InChI is InChI=1S/C14H17F2NO5S/c1-14(15,16)10-3-5-11(6-4-10)23(20,21)17-7-9(8-17)12(22-2)13(18)19/h3-6,9,12H,7-8H2,1-2H3,(H,18,19). The molecule has 1 unspecified atom stereocenters. The van der Waals surface area contributed by atoms with E-state index in [1.807, 2.05) is 0 Å². The van der Waals surface area contributed by atoms with Gasteiger partial charge in [-0.15, -0.1) is 0 Å². The molecule has 128 valence electrons. The summed E-state index contributed by atoms with van der Waals surface area (Å²) < 4.78 is 56.9. The maximum atomic E-state index is 13.1. The van der Waals surface area contributed by atoms with Gasteiger partial charge in [-0.25, -0.2) is 22.0 Å². The highest BCUT2D eigenvalue weighted by Crippen LogP contribution is 2.31. The van der Waals surface area contributed by atoms with Gasteiger partial charge in [-0.2, -0.15) is 4.31 Å². The van der Waals surface area contributed by atoms with Gasteiger partial charge in [0.05, 0.1) is 4.90 Å². The lowest BCUT2D eigenvalue weighted by Gasteiger charge is -2.40. The van der Waals surface area contributed by atoms with Gasteiger partial charge in [-0.1, -0.05) is 12.1 Å². The molecule has 0 spiro atoms. The third kappa shape index (κ3) is 3.51. The highest BCUT2D eigenvalue weighted by Gasteiger charge is 2.43. The van der Waals surface area contributed by atoms with Crippen LogP contribution in [0, 0.1) is 5.92 Å². The summed E-state index contributed by atoms with van der Waals surface area (Å²) in [6.45, 7) is 0.755. The van der Waals surface area contributed by atoms with Gasteiger partial charge >= 0.3 is 5.97 Å². The minimum absolute atomic E-state index is 0.0127. The number of halogens is 2. The predicted molar refractivity (Wildman–Crippen MR) is 76.7 cm³/mol. The van der Waals surface area contributed by atoms with Gasteiger partial charge in [-0.3, -0.25) is 0 Å². The second-order valence-corrected chi connectivity index (χ2v) is 7.43. The lowest BCUT2D eigenvalue weighted by atomic mass is 9.96. The van der Waals surface area contributed by atoms with Gasteiger partial charge in [-0.05, 0) is 12.1 Å². The van der Waals surface area contributed by atoms with E-state index in [2.05, 4.69) is 0 Å². The second kappa shape index (κ2) is 6.14. The number of aliphatic carboxylic acids is 1. The number of carboxylic acid groups (broad SMARTS) is 1. The molecule has 0 bridgehead atoms. The Kier molecular flexibility index (Phi) is 4.74. The second-order valence-electron chi connectivity index (χ2n) is 5.49. The monoisotopic (exact) mass is 349 g/mol. The highest BCUT2D eigenvalue weighted by atomic mass is 32.2. The van der Waals surface area contributed by atoms with E-state index in [4.69, 9.17) is 9.84 Å². The van der Waals surface area contributed by atoms with Crippen LogP contribution in [0.1, 0.15) is 12.5 Å². The molecule has 1 aliphatic rings. The molecule has 1 atom stereocenters. The summed E-state index contributed by atoms with van der Waals surface area (Å²) in [5, 5.41) is 8.96. The fraction of sp³-hybridized carbons (Fsp3) is 0.500. The number of sulfonamides is 1. The minimum atomic E-state index is -3.82. The van der Waals surface area contributed by atoms with Gasteiger partial charge in [0.25, 0.3) is 5.92 Å². The fourth-order valence-electron chi connectivity index (χ4n) is 2.42. The van der Waals surface area contributed by atoms with Crippen LogP contribution in [-0.2, 0) is 25.5 Å². The summed E-state index contributed by atoms with van der Waals surface area (Å²) in [6, 6.07) is 4.39. The summed E-state index contributed by atoms with van der Waals surface area (Å²) in [5.74, 6) is -4.63. The van der Waals surface area contributed by atoms with Crippen molar-refractivity contribution >= 4 is 16.0 Å². The van der Waals surface area contributed by atoms with Crippen LogP contribution in [0.2, 0.25) is 0 Å². The molecule has 23 heavy (non-hydrogen) atoms. The first-order valence-corrected chi connectivity index (χ1v) is 8.25. The molecule has 1 aromatic carbocycles. The molecule has 2 rings (SSSR count). The van der Waals surface area contributed by atoms with Crippen LogP contribution in [0.3, 0.4) is 0 Å². The molecule has 0 radical (unpaired) electrons. The Morgan fingerprint density at radius 2 is 1.87 bits per heavy atom. The fourth-order valence-corrected chi connectivity index (χ4v) is 3.97. The van der Waals surface area contributed by atoms with Crippen molar-refractivity contribution in [1.29, 1.82) is 0 Å². The Balaban J connectivity index is 2.11. The number of carboxylic acids is 1. The largest absolute Gasteiger partial charge is 0.479 e.